The number of aromatic nitrogens is 3. The summed E-state index contributed by atoms with van der Waals surface area (Å²) in [5, 5.41) is 0. The van der Waals surface area contributed by atoms with Gasteiger partial charge in [0.2, 0.25) is 17.7 Å². The second-order valence-electron chi connectivity index (χ2n) is 14.1. The average molecular weight is 689 g/mol. The Bertz CT molecular complexity index is 1970. The summed E-state index contributed by atoms with van der Waals surface area (Å²) in [7, 11) is 0. The number of halogens is 1. The molecule has 12 heteroatoms. The summed E-state index contributed by atoms with van der Waals surface area (Å²) in [4.78, 5) is 46.0. The van der Waals surface area contributed by atoms with Gasteiger partial charge in [-0.25, -0.2) is 24.8 Å². The lowest BCUT2D eigenvalue weighted by Crippen LogP contribution is -2.43. The number of carbonyl (C=O) groups is 2. The standard InChI is InChI=1S/C39H41FN8O3/c1-25(2)51-34-10-7-29(20-41-34)36-32-19-31(8-9-33(32)44-45-36)48-18-14-39(38(48)50)13-17-46(24-39)23-35(49)47-15-11-27(12-16-47)26-3-5-28(6-4-26)37-42-21-30(40)22-43-37/h3-11,19-22,25,36,44-45H,12-18,23-24H2,1-2H3/t36?,39-/m0/s1. The van der Waals surface area contributed by atoms with E-state index in [0.29, 0.717) is 44.4 Å². The zero-order valence-corrected chi connectivity index (χ0v) is 28.8. The number of fused-ring (bicyclic) bond motifs is 1. The third kappa shape index (κ3) is 6.57. The second-order valence-corrected chi connectivity index (χ2v) is 14.1. The van der Waals surface area contributed by atoms with Crippen LogP contribution in [0.5, 0.6) is 5.88 Å². The van der Waals surface area contributed by atoms with Gasteiger partial charge in [-0.3, -0.25) is 14.5 Å². The van der Waals surface area contributed by atoms with Crippen LogP contribution in [0.15, 0.2) is 79.3 Å². The van der Waals surface area contributed by atoms with Crippen LogP contribution in [0.3, 0.4) is 0 Å². The molecular formula is C39H41FN8O3. The van der Waals surface area contributed by atoms with Gasteiger partial charge < -0.3 is 20.0 Å². The van der Waals surface area contributed by atoms with Gasteiger partial charge in [-0.2, -0.15) is 0 Å². The van der Waals surface area contributed by atoms with Crippen LogP contribution in [0.4, 0.5) is 15.8 Å². The van der Waals surface area contributed by atoms with Crippen molar-refractivity contribution in [2.75, 3.05) is 49.6 Å². The van der Waals surface area contributed by atoms with Crippen molar-refractivity contribution >= 4 is 28.8 Å². The normalized spacial score (nSPS) is 21.7. The van der Waals surface area contributed by atoms with Gasteiger partial charge in [-0.1, -0.05) is 36.4 Å². The Morgan fingerprint density at radius 2 is 1.76 bits per heavy atom. The molecule has 2 amide bonds. The van der Waals surface area contributed by atoms with Crippen molar-refractivity contribution in [3.63, 3.8) is 0 Å². The molecular weight excluding hydrogens is 647 g/mol. The highest BCUT2D eigenvalue weighted by atomic mass is 19.1. The Kier molecular flexibility index (Phi) is 8.73. The Morgan fingerprint density at radius 1 is 0.980 bits per heavy atom. The number of benzene rings is 2. The van der Waals surface area contributed by atoms with Crippen molar-refractivity contribution in [2.45, 2.75) is 45.3 Å². The van der Waals surface area contributed by atoms with Gasteiger partial charge in [0.25, 0.3) is 0 Å². The van der Waals surface area contributed by atoms with E-state index in [2.05, 4.69) is 42.8 Å². The van der Waals surface area contributed by atoms with Gasteiger partial charge >= 0.3 is 0 Å². The number of ether oxygens (including phenoxy) is 1. The minimum atomic E-state index is -0.467. The number of pyridine rings is 1. The molecule has 4 aliphatic rings. The van der Waals surface area contributed by atoms with E-state index in [1.54, 1.807) is 0 Å². The number of likely N-dealkylation sites (tertiary alicyclic amines) is 1. The maximum absolute atomic E-state index is 14.0. The van der Waals surface area contributed by atoms with Gasteiger partial charge in [-0.05, 0) is 74.6 Å². The zero-order valence-electron chi connectivity index (χ0n) is 28.8. The number of nitrogens with one attached hydrogen (secondary N) is 2. The molecule has 2 saturated heterocycles. The second kappa shape index (κ2) is 13.5. The number of hydrogen-bond acceptors (Lipinski definition) is 9. The molecule has 262 valence electrons. The molecule has 2 aromatic heterocycles. The lowest BCUT2D eigenvalue weighted by Gasteiger charge is -2.29. The highest BCUT2D eigenvalue weighted by Gasteiger charge is 2.51. The lowest BCUT2D eigenvalue weighted by molar-refractivity contribution is -0.132. The third-order valence-corrected chi connectivity index (χ3v) is 10.5. The van der Waals surface area contributed by atoms with Crippen molar-refractivity contribution < 1.29 is 18.7 Å². The van der Waals surface area contributed by atoms with Crippen LogP contribution >= 0.6 is 0 Å². The van der Waals surface area contributed by atoms with E-state index in [1.807, 2.05) is 78.4 Å². The van der Waals surface area contributed by atoms with Gasteiger partial charge in [-0.15, -0.1) is 0 Å². The number of carbonyl (C=O) groups excluding carboxylic acids is 2. The molecule has 2 aromatic carbocycles. The summed E-state index contributed by atoms with van der Waals surface area (Å²) in [6.07, 6.45) is 8.62. The topological polar surface area (TPSA) is 116 Å². The molecule has 0 radical (unpaired) electrons. The maximum Gasteiger partial charge on any atom is 0.237 e. The fourth-order valence-electron chi connectivity index (χ4n) is 7.72. The van der Waals surface area contributed by atoms with E-state index in [1.165, 1.54) is 5.57 Å². The fraction of sp³-hybridized carbons (Fsp3) is 0.359. The van der Waals surface area contributed by atoms with E-state index in [-0.39, 0.29) is 24.0 Å². The Labute approximate surface area is 296 Å². The van der Waals surface area contributed by atoms with Gasteiger partial charge in [0.05, 0.1) is 42.2 Å². The van der Waals surface area contributed by atoms with E-state index in [4.69, 9.17) is 4.74 Å². The van der Waals surface area contributed by atoms with Crippen LogP contribution in [0.1, 0.15) is 55.8 Å². The van der Waals surface area contributed by atoms with Crippen LogP contribution < -0.4 is 20.5 Å². The molecule has 2 N–H and O–H groups in total. The van der Waals surface area contributed by atoms with Gasteiger partial charge in [0, 0.05) is 55.3 Å². The molecule has 0 aliphatic carbocycles. The number of hydrogen-bond donors (Lipinski definition) is 2. The molecule has 51 heavy (non-hydrogen) atoms. The highest BCUT2D eigenvalue weighted by molar-refractivity contribution is 6.00. The maximum atomic E-state index is 14.0. The first kappa shape index (κ1) is 33.0. The summed E-state index contributed by atoms with van der Waals surface area (Å²) in [6.45, 7) is 7.45. The van der Waals surface area contributed by atoms with Crippen LogP contribution in [0.25, 0.3) is 17.0 Å². The SMILES string of the molecule is CC(C)Oc1ccc(C2NNc3ccc(N4CC[C@]5(CCN(CC(=O)N6CC=C(c7ccc(-c8ncc(F)cn8)cc7)CC6)C5)C4=O)cc32)cn1. The highest BCUT2D eigenvalue weighted by Crippen LogP contribution is 2.44. The average Bonchev–Trinajstić information content (AvgIpc) is 3.85. The molecule has 1 spiro atoms. The molecule has 0 bridgehead atoms. The van der Waals surface area contributed by atoms with E-state index < -0.39 is 11.2 Å². The molecule has 6 heterocycles. The monoisotopic (exact) mass is 688 g/mol. The minimum absolute atomic E-state index is 0.0530. The summed E-state index contributed by atoms with van der Waals surface area (Å²) < 4.78 is 18.9. The summed E-state index contributed by atoms with van der Waals surface area (Å²) >= 11 is 0. The summed E-state index contributed by atoms with van der Waals surface area (Å²) in [6, 6.07) is 17.8. The first-order valence-electron chi connectivity index (χ1n) is 17.6. The fourth-order valence-corrected chi connectivity index (χ4v) is 7.72. The smallest absolute Gasteiger partial charge is 0.237 e. The van der Waals surface area contributed by atoms with E-state index in [9.17, 15) is 14.0 Å². The first-order valence-corrected chi connectivity index (χ1v) is 17.6. The zero-order chi connectivity index (χ0) is 35.1. The first-order chi connectivity index (χ1) is 24.7. The summed E-state index contributed by atoms with van der Waals surface area (Å²) in [5.41, 5.74) is 13.2. The van der Waals surface area contributed by atoms with Gasteiger partial charge in [0.1, 0.15) is 0 Å². The van der Waals surface area contributed by atoms with Crippen LogP contribution in [0, 0.1) is 11.2 Å². The quantitative estimate of drug-likeness (QED) is 0.257. The number of amides is 2. The van der Waals surface area contributed by atoms with Crippen molar-refractivity contribution in [1.29, 1.82) is 0 Å². The predicted molar refractivity (Wildman–Crippen MR) is 192 cm³/mol. The molecule has 4 aromatic rings. The van der Waals surface area contributed by atoms with E-state index >= 15 is 0 Å². The minimum Gasteiger partial charge on any atom is -0.475 e. The van der Waals surface area contributed by atoms with Crippen molar-refractivity contribution in [1.82, 2.24) is 30.2 Å². The molecule has 2 fully saturated rings. The largest absolute Gasteiger partial charge is 0.475 e. The van der Waals surface area contributed by atoms with Crippen LogP contribution in [-0.2, 0) is 9.59 Å². The predicted octanol–water partition coefficient (Wildman–Crippen LogP) is 5.23. The number of rotatable bonds is 8. The number of hydrazine groups is 1. The van der Waals surface area contributed by atoms with Crippen LogP contribution in [0.2, 0.25) is 0 Å². The van der Waals surface area contributed by atoms with Crippen molar-refractivity contribution in [2.24, 2.45) is 5.41 Å². The molecule has 1 unspecified atom stereocenters. The molecule has 4 aliphatic heterocycles. The number of anilines is 2. The molecule has 0 saturated carbocycles. The number of nitrogens with zero attached hydrogens (tertiary/aromatic N) is 6. The van der Waals surface area contributed by atoms with Crippen molar-refractivity contribution in [3.8, 4) is 17.3 Å². The molecule has 11 nitrogen and oxygen atoms in total. The molecule has 2 atom stereocenters. The lowest BCUT2D eigenvalue weighted by atomic mass is 9.85. The Hall–Kier alpha value is -5.20. The Morgan fingerprint density at radius 3 is 2.49 bits per heavy atom. The van der Waals surface area contributed by atoms with Crippen LogP contribution in [-0.4, -0.2) is 81.9 Å². The van der Waals surface area contributed by atoms with Crippen molar-refractivity contribution in [3.05, 3.63) is 102 Å². The van der Waals surface area contributed by atoms with E-state index in [0.717, 1.165) is 71.8 Å². The third-order valence-electron chi connectivity index (χ3n) is 10.5. The summed E-state index contributed by atoms with van der Waals surface area (Å²) in [5.74, 6) is 0.849. The Balaban J connectivity index is 0.870. The molecule has 8 rings (SSSR count). The van der Waals surface area contributed by atoms with Gasteiger partial charge in [0.15, 0.2) is 11.6 Å².